The predicted molar refractivity (Wildman–Crippen MR) is 84.6 cm³/mol. The number of hydrogen-bond acceptors (Lipinski definition) is 5. The van der Waals surface area contributed by atoms with Crippen molar-refractivity contribution in [2.45, 2.75) is 6.42 Å². The smallest absolute Gasteiger partial charge is 0.350 e. The van der Waals surface area contributed by atoms with Crippen molar-refractivity contribution in [2.24, 2.45) is 0 Å². The molecule has 2 rings (SSSR count). The molecular formula is C15H18N2O3S. The molecule has 0 aromatic carbocycles. The summed E-state index contributed by atoms with van der Waals surface area (Å²) in [7, 11) is 3.40. The van der Waals surface area contributed by atoms with Crippen LogP contribution in [0.25, 0.3) is 5.57 Å². The molecule has 1 aliphatic heterocycles. The summed E-state index contributed by atoms with van der Waals surface area (Å²) in [5.74, 6) is -0.791. The Labute approximate surface area is 127 Å². The van der Waals surface area contributed by atoms with Gasteiger partial charge < -0.3 is 15.0 Å². The molecule has 0 aliphatic carbocycles. The van der Waals surface area contributed by atoms with Gasteiger partial charge in [-0.2, -0.15) is 0 Å². The highest BCUT2D eigenvalue weighted by Gasteiger charge is 2.20. The molecule has 2 heterocycles. The second kappa shape index (κ2) is 6.69. The Morgan fingerprint density at radius 1 is 1.52 bits per heavy atom. The van der Waals surface area contributed by atoms with Crippen LogP contribution >= 0.6 is 11.3 Å². The molecule has 0 saturated heterocycles. The zero-order valence-corrected chi connectivity index (χ0v) is 13.0. The van der Waals surface area contributed by atoms with Crippen molar-refractivity contribution < 1.29 is 14.3 Å². The van der Waals surface area contributed by atoms with Gasteiger partial charge >= 0.3 is 5.97 Å². The van der Waals surface area contributed by atoms with Crippen LogP contribution in [0.15, 0.2) is 24.8 Å². The molecule has 0 saturated carbocycles. The monoisotopic (exact) mass is 306 g/mol. The highest BCUT2D eigenvalue weighted by molar-refractivity contribution is 7.15. The predicted octanol–water partition coefficient (Wildman–Crippen LogP) is 2.38. The summed E-state index contributed by atoms with van der Waals surface area (Å²) in [4.78, 5) is 26.9. The number of amides is 1. The average molecular weight is 306 g/mol. The Morgan fingerprint density at radius 2 is 2.29 bits per heavy atom. The fourth-order valence-electron chi connectivity index (χ4n) is 2.06. The maximum Gasteiger partial charge on any atom is 0.350 e. The number of likely N-dealkylation sites (N-methyl/N-ethyl adjacent to an activating group) is 1. The number of carbonyl (C=O) groups is 2. The first-order valence-electron chi connectivity index (χ1n) is 6.58. The van der Waals surface area contributed by atoms with Crippen LogP contribution in [0.5, 0.6) is 0 Å². The Hall–Kier alpha value is -1.92. The van der Waals surface area contributed by atoms with E-state index in [4.69, 9.17) is 4.74 Å². The number of rotatable bonds is 4. The second-order valence-electron chi connectivity index (χ2n) is 4.78. The zero-order valence-electron chi connectivity index (χ0n) is 12.1. The van der Waals surface area contributed by atoms with Gasteiger partial charge in [0.25, 0.3) is 0 Å². The fourth-order valence-corrected chi connectivity index (χ4v) is 3.16. The van der Waals surface area contributed by atoms with Gasteiger partial charge in [-0.3, -0.25) is 4.79 Å². The van der Waals surface area contributed by atoms with Gasteiger partial charge in [0, 0.05) is 18.0 Å². The number of thiophene rings is 1. The van der Waals surface area contributed by atoms with Gasteiger partial charge in [-0.05, 0) is 31.2 Å². The summed E-state index contributed by atoms with van der Waals surface area (Å²) < 4.78 is 4.78. The normalized spacial score (nSPS) is 15.2. The first kappa shape index (κ1) is 15.5. The van der Waals surface area contributed by atoms with Crippen LogP contribution in [0.2, 0.25) is 0 Å². The number of anilines is 1. The summed E-state index contributed by atoms with van der Waals surface area (Å²) in [5, 5.41) is 2.66. The van der Waals surface area contributed by atoms with Crippen molar-refractivity contribution in [3.05, 3.63) is 34.6 Å². The third-order valence-electron chi connectivity index (χ3n) is 3.27. The van der Waals surface area contributed by atoms with Crippen LogP contribution < -0.4 is 5.32 Å². The minimum absolute atomic E-state index is 0.345. The van der Waals surface area contributed by atoms with Gasteiger partial charge in [-0.1, -0.05) is 12.7 Å². The van der Waals surface area contributed by atoms with E-state index in [2.05, 4.69) is 29.9 Å². The molecule has 1 N–H and O–H groups in total. The van der Waals surface area contributed by atoms with E-state index in [1.807, 2.05) is 6.07 Å². The fraction of sp³-hybridized carbons (Fsp3) is 0.333. The summed E-state index contributed by atoms with van der Waals surface area (Å²) >= 11 is 1.34. The molecule has 6 heteroatoms. The van der Waals surface area contributed by atoms with Crippen molar-refractivity contribution >= 4 is 34.5 Å². The molecule has 1 aromatic heterocycles. The number of esters is 1. The quantitative estimate of drug-likeness (QED) is 0.685. The first-order chi connectivity index (χ1) is 10.0. The van der Waals surface area contributed by atoms with E-state index in [9.17, 15) is 9.59 Å². The zero-order chi connectivity index (χ0) is 15.4. The molecule has 0 atom stereocenters. The third kappa shape index (κ3) is 3.59. The van der Waals surface area contributed by atoms with Crippen molar-refractivity contribution in [1.29, 1.82) is 0 Å². The average Bonchev–Trinajstić information content (AvgIpc) is 2.90. The summed E-state index contributed by atoms with van der Waals surface area (Å²) in [6.07, 6.45) is 4.25. The van der Waals surface area contributed by atoms with Gasteiger partial charge in [0.05, 0.1) is 12.8 Å². The van der Waals surface area contributed by atoms with Gasteiger partial charge in [0.1, 0.15) is 4.88 Å². The van der Waals surface area contributed by atoms with E-state index in [1.54, 1.807) is 0 Å². The molecule has 1 amide bonds. The van der Waals surface area contributed by atoms with E-state index in [0.29, 0.717) is 10.6 Å². The lowest BCUT2D eigenvalue weighted by Gasteiger charge is -2.21. The number of hydrogen-bond donors (Lipinski definition) is 1. The van der Waals surface area contributed by atoms with Crippen molar-refractivity contribution in [3.63, 3.8) is 0 Å². The molecule has 0 fully saturated rings. The highest BCUT2D eigenvalue weighted by atomic mass is 32.1. The molecule has 112 valence electrons. The Balaban J connectivity index is 2.33. The topological polar surface area (TPSA) is 58.6 Å². The standard InChI is InChI=1S/C15H18N2O3S/c1-4-13(18)16-11-9-12(21-14(11)15(19)20-3)10-5-7-17(2)8-6-10/h4-5,9H,1,6-8H2,2-3H3,(H,16,18). The van der Waals surface area contributed by atoms with Gasteiger partial charge in [0.2, 0.25) is 5.91 Å². The van der Waals surface area contributed by atoms with E-state index >= 15 is 0 Å². The van der Waals surface area contributed by atoms with E-state index < -0.39 is 5.97 Å². The highest BCUT2D eigenvalue weighted by Crippen LogP contribution is 2.35. The molecule has 1 aromatic rings. The third-order valence-corrected chi connectivity index (χ3v) is 4.47. The number of ether oxygens (including phenoxy) is 1. The molecule has 0 radical (unpaired) electrons. The number of nitrogens with zero attached hydrogens (tertiary/aromatic N) is 1. The maximum absolute atomic E-state index is 11.8. The van der Waals surface area contributed by atoms with Crippen LogP contribution in [0.1, 0.15) is 21.0 Å². The van der Waals surface area contributed by atoms with Gasteiger partial charge in [0.15, 0.2) is 0 Å². The summed E-state index contributed by atoms with van der Waals surface area (Å²) in [6, 6.07) is 1.83. The number of carbonyl (C=O) groups excluding carboxylic acids is 2. The van der Waals surface area contributed by atoms with Crippen LogP contribution in [-0.4, -0.2) is 44.0 Å². The van der Waals surface area contributed by atoms with Gasteiger partial charge in [-0.15, -0.1) is 11.3 Å². The molecule has 5 nitrogen and oxygen atoms in total. The van der Waals surface area contributed by atoms with E-state index in [-0.39, 0.29) is 5.91 Å². The number of methoxy groups -OCH3 is 1. The Morgan fingerprint density at radius 3 is 2.86 bits per heavy atom. The molecule has 1 aliphatic rings. The summed E-state index contributed by atoms with van der Waals surface area (Å²) in [5.41, 5.74) is 1.67. The number of nitrogens with one attached hydrogen (secondary N) is 1. The van der Waals surface area contributed by atoms with Crippen molar-refractivity contribution in [1.82, 2.24) is 4.90 Å². The van der Waals surface area contributed by atoms with Crippen LogP contribution in [0, 0.1) is 0 Å². The van der Waals surface area contributed by atoms with Crippen molar-refractivity contribution in [3.8, 4) is 0 Å². The Bertz CT molecular complexity index is 604. The van der Waals surface area contributed by atoms with Crippen LogP contribution in [0.3, 0.4) is 0 Å². The maximum atomic E-state index is 11.8. The molecular weight excluding hydrogens is 288 g/mol. The molecule has 0 spiro atoms. The minimum Gasteiger partial charge on any atom is -0.465 e. The lowest BCUT2D eigenvalue weighted by atomic mass is 10.1. The molecule has 0 unspecified atom stereocenters. The lowest BCUT2D eigenvalue weighted by molar-refractivity contribution is -0.111. The minimum atomic E-state index is -0.445. The Kier molecular flexibility index (Phi) is 4.93. The van der Waals surface area contributed by atoms with Crippen LogP contribution in [-0.2, 0) is 9.53 Å². The molecule has 21 heavy (non-hydrogen) atoms. The summed E-state index contributed by atoms with van der Waals surface area (Å²) in [6.45, 7) is 5.28. The van der Waals surface area contributed by atoms with Crippen LogP contribution in [0.4, 0.5) is 5.69 Å². The lowest BCUT2D eigenvalue weighted by Crippen LogP contribution is -2.23. The first-order valence-corrected chi connectivity index (χ1v) is 7.40. The largest absolute Gasteiger partial charge is 0.465 e. The second-order valence-corrected chi connectivity index (χ2v) is 5.83. The SMILES string of the molecule is C=CC(=O)Nc1cc(C2=CCN(C)CC2)sc1C(=O)OC. The van der Waals surface area contributed by atoms with E-state index in [1.165, 1.54) is 30.1 Å². The molecule has 0 bridgehead atoms. The van der Waals surface area contributed by atoms with E-state index in [0.717, 1.165) is 24.4 Å². The van der Waals surface area contributed by atoms with Gasteiger partial charge in [-0.25, -0.2) is 4.79 Å². The van der Waals surface area contributed by atoms with Crippen molar-refractivity contribution in [2.75, 3.05) is 32.6 Å².